The molecule has 6 nitrogen and oxygen atoms in total. The molecule has 0 heterocycles. The third-order valence-electron chi connectivity index (χ3n) is 5.58. The van der Waals surface area contributed by atoms with Gasteiger partial charge in [-0.05, 0) is 34.4 Å². The molecule has 3 aliphatic rings. The molecule has 0 fully saturated rings. The van der Waals surface area contributed by atoms with Gasteiger partial charge in [0.05, 0.1) is 5.92 Å². The second-order valence-corrected chi connectivity index (χ2v) is 7.11. The summed E-state index contributed by atoms with van der Waals surface area (Å²) in [5.74, 6) is -5.01. The Balaban J connectivity index is 2.19. The molecule has 2 bridgehead atoms. The Morgan fingerprint density at radius 2 is 1.50 bits per heavy atom. The minimum Gasteiger partial charge on any atom is -0.481 e. The number of carboxylic acid groups (broad SMARTS) is 1. The van der Waals surface area contributed by atoms with Gasteiger partial charge in [0.15, 0.2) is 0 Å². The van der Waals surface area contributed by atoms with Gasteiger partial charge in [0.25, 0.3) is 0 Å². The zero-order valence-electron chi connectivity index (χ0n) is 13.7. The van der Waals surface area contributed by atoms with Crippen molar-refractivity contribution >= 4 is 23.5 Å². The van der Waals surface area contributed by atoms with Gasteiger partial charge in [-0.1, -0.05) is 41.9 Å². The van der Waals surface area contributed by atoms with Crippen LogP contribution >= 0.6 is 11.6 Å². The van der Waals surface area contributed by atoms with Gasteiger partial charge in [0, 0.05) is 12.1 Å². The van der Waals surface area contributed by atoms with Gasteiger partial charge >= 0.3 is 5.97 Å². The van der Waals surface area contributed by atoms with Crippen molar-refractivity contribution in [2.45, 2.75) is 11.2 Å². The van der Waals surface area contributed by atoms with E-state index < -0.39 is 34.9 Å². The first-order chi connectivity index (χ1) is 12.3. The molecule has 7 heteroatoms. The second-order valence-electron chi connectivity index (χ2n) is 6.68. The first kappa shape index (κ1) is 17.0. The van der Waals surface area contributed by atoms with Gasteiger partial charge < -0.3 is 20.6 Å². The van der Waals surface area contributed by atoms with Crippen LogP contribution in [0.5, 0.6) is 0 Å². The molecule has 0 saturated carbocycles. The third-order valence-corrected chi connectivity index (χ3v) is 5.81. The van der Waals surface area contributed by atoms with Gasteiger partial charge in [0.1, 0.15) is 17.1 Å². The molecule has 26 heavy (non-hydrogen) atoms. The van der Waals surface area contributed by atoms with Crippen molar-refractivity contribution in [3.63, 3.8) is 0 Å². The summed E-state index contributed by atoms with van der Waals surface area (Å²) in [6, 6.07) is 11.0. The number of aliphatic carboxylic acids is 1. The molecule has 0 aliphatic heterocycles. The van der Waals surface area contributed by atoms with Gasteiger partial charge in [-0.15, -0.1) is 0 Å². The molecule has 0 saturated heterocycles. The first-order valence-electron chi connectivity index (χ1n) is 8.07. The lowest BCUT2D eigenvalue weighted by atomic mass is 9.49. The van der Waals surface area contributed by atoms with Crippen LogP contribution < -0.4 is 5.32 Å². The van der Waals surface area contributed by atoms with Gasteiger partial charge in [-0.3, -0.25) is 9.59 Å². The molecular formula is C19H16ClNO5. The van der Waals surface area contributed by atoms with Crippen LogP contribution in [0, 0.1) is 11.8 Å². The van der Waals surface area contributed by atoms with E-state index in [0.29, 0.717) is 10.6 Å². The predicted molar refractivity (Wildman–Crippen MR) is 92.6 cm³/mol. The van der Waals surface area contributed by atoms with Crippen molar-refractivity contribution in [2.75, 3.05) is 7.05 Å². The highest BCUT2D eigenvalue weighted by Crippen LogP contribution is 2.62. The normalized spacial score (nSPS) is 31.1. The SMILES string of the molecule is CNC(=O)C1C(C(=O)O)C2(O)c3ccccc3C1(O)c1ccc(Cl)cc12. The summed E-state index contributed by atoms with van der Waals surface area (Å²) < 4.78 is 0. The van der Waals surface area contributed by atoms with Crippen molar-refractivity contribution in [2.24, 2.45) is 11.8 Å². The second kappa shape index (κ2) is 5.30. The van der Waals surface area contributed by atoms with E-state index in [1.807, 2.05) is 0 Å². The van der Waals surface area contributed by atoms with Crippen LogP contribution in [0.4, 0.5) is 0 Å². The highest BCUT2D eigenvalue weighted by atomic mass is 35.5. The summed E-state index contributed by atoms with van der Waals surface area (Å²) in [7, 11) is 1.37. The molecule has 4 atom stereocenters. The van der Waals surface area contributed by atoms with Crippen molar-refractivity contribution < 1.29 is 24.9 Å². The third kappa shape index (κ3) is 1.79. The molecule has 3 aliphatic carbocycles. The Hall–Kier alpha value is -2.41. The Labute approximate surface area is 154 Å². The minimum atomic E-state index is -2.00. The molecule has 0 radical (unpaired) electrons. The van der Waals surface area contributed by atoms with E-state index in [9.17, 15) is 24.9 Å². The topological polar surface area (TPSA) is 107 Å². The van der Waals surface area contributed by atoms with E-state index in [0.717, 1.165) is 0 Å². The summed E-state index contributed by atoms with van der Waals surface area (Å²) in [5.41, 5.74) is -2.81. The molecule has 1 amide bonds. The van der Waals surface area contributed by atoms with Crippen molar-refractivity contribution in [3.05, 3.63) is 69.7 Å². The van der Waals surface area contributed by atoms with E-state index in [2.05, 4.69) is 5.32 Å². The molecule has 134 valence electrons. The lowest BCUT2D eigenvalue weighted by Gasteiger charge is -2.57. The Morgan fingerprint density at radius 3 is 2.04 bits per heavy atom. The number of amides is 1. The summed E-state index contributed by atoms with van der Waals surface area (Å²) in [6.07, 6.45) is 0. The van der Waals surface area contributed by atoms with Crippen LogP contribution in [0.25, 0.3) is 0 Å². The molecular weight excluding hydrogens is 358 g/mol. The average Bonchev–Trinajstić information content (AvgIpc) is 2.62. The fraction of sp³-hybridized carbons (Fsp3) is 0.263. The Morgan fingerprint density at radius 1 is 0.962 bits per heavy atom. The van der Waals surface area contributed by atoms with Crippen molar-refractivity contribution in [1.29, 1.82) is 0 Å². The molecule has 0 spiro atoms. The van der Waals surface area contributed by atoms with E-state index in [1.54, 1.807) is 30.3 Å². The molecule has 5 rings (SSSR count). The van der Waals surface area contributed by atoms with Crippen LogP contribution in [0.3, 0.4) is 0 Å². The molecule has 2 aromatic rings. The monoisotopic (exact) mass is 373 g/mol. The van der Waals surface area contributed by atoms with Crippen LogP contribution in [-0.2, 0) is 20.8 Å². The number of aliphatic hydroxyl groups is 2. The quantitative estimate of drug-likeness (QED) is 0.633. The number of halogens is 1. The highest BCUT2D eigenvalue weighted by Gasteiger charge is 2.69. The number of nitrogens with one attached hydrogen (secondary N) is 1. The van der Waals surface area contributed by atoms with E-state index in [1.165, 1.54) is 19.2 Å². The van der Waals surface area contributed by atoms with E-state index in [4.69, 9.17) is 11.6 Å². The first-order valence-corrected chi connectivity index (χ1v) is 8.45. The number of hydrogen-bond donors (Lipinski definition) is 4. The van der Waals surface area contributed by atoms with Gasteiger partial charge in [0.2, 0.25) is 5.91 Å². The largest absolute Gasteiger partial charge is 0.481 e. The van der Waals surface area contributed by atoms with Crippen LogP contribution in [0.15, 0.2) is 42.5 Å². The van der Waals surface area contributed by atoms with Crippen molar-refractivity contribution in [1.82, 2.24) is 5.32 Å². The summed E-state index contributed by atoms with van der Waals surface area (Å²) in [5, 5.41) is 36.0. The summed E-state index contributed by atoms with van der Waals surface area (Å²) in [6.45, 7) is 0. The van der Waals surface area contributed by atoms with E-state index in [-0.39, 0.29) is 16.7 Å². The van der Waals surface area contributed by atoms with Crippen LogP contribution in [0.1, 0.15) is 22.3 Å². The zero-order valence-corrected chi connectivity index (χ0v) is 14.5. The van der Waals surface area contributed by atoms with E-state index >= 15 is 0 Å². The van der Waals surface area contributed by atoms with Gasteiger partial charge in [-0.25, -0.2) is 0 Å². The highest BCUT2D eigenvalue weighted by molar-refractivity contribution is 6.30. The maximum absolute atomic E-state index is 12.6. The lowest BCUT2D eigenvalue weighted by Crippen LogP contribution is -2.65. The fourth-order valence-corrected chi connectivity index (χ4v) is 4.74. The number of carbonyl (C=O) groups excluding carboxylic acids is 1. The Bertz CT molecular complexity index is 961. The number of fused-ring (bicyclic) bond motifs is 1. The number of rotatable bonds is 2. The van der Waals surface area contributed by atoms with Crippen LogP contribution in [0.2, 0.25) is 5.02 Å². The summed E-state index contributed by atoms with van der Waals surface area (Å²) >= 11 is 6.08. The molecule has 4 N–H and O–H groups in total. The molecule has 2 aromatic carbocycles. The summed E-state index contributed by atoms with van der Waals surface area (Å²) in [4.78, 5) is 24.8. The fourth-order valence-electron chi connectivity index (χ4n) is 4.57. The number of hydrogen-bond acceptors (Lipinski definition) is 4. The molecule has 0 aromatic heterocycles. The maximum Gasteiger partial charge on any atom is 0.311 e. The Kier molecular flexibility index (Phi) is 3.47. The maximum atomic E-state index is 12.6. The zero-order chi connectivity index (χ0) is 18.9. The lowest BCUT2D eigenvalue weighted by molar-refractivity contribution is -0.179. The van der Waals surface area contributed by atoms with Gasteiger partial charge in [-0.2, -0.15) is 0 Å². The molecule has 4 unspecified atom stereocenters. The smallest absolute Gasteiger partial charge is 0.311 e. The predicted octanol–water partition coefficient (Wildman–Crippen LogP) is 1.20. The number of carbonyl (C=O) groups is 2. The average molecular weight is 374 g/mol. The minimum absolute atomic E-state index is 0.207. The number of carboxylic acids is 1. The van der Waals surface area contributed by atoms with Crippen LogP contribution in [-0.4, -0.2) is 34.2 Å². The number of benzene rings is 2. The van der Waals surface area contributed by atoms with Crippen molar-refractivity contribution in [3.8, 4) is 0 Å². The standard InChI is InChI=1S/C19H16ClNO5/c1-21-16(22)14-15(17(23)24)19(26)11-5-3-2-4-10(11)18(14,25)12-7-6-9(20)8-13(12)19/h2-8,14-15,25-26H,1H3,(H,21,22)(H,23,24).